The quantitative estimate of drug-likeness (QED) is 0.754. The standard InChI is InChI=1S/C7H6BrOS/c1-9-6-4-2-3-5-7(6)10-8/h3-5H,1H3. The zero-order valence-electron chi connectivity index (χ0n) is 5.43. The average Bonchev–Trinajstić information content (AvgIpc) is 2.04. The van der Waals surface area contributed by atoms with Crippen LogP contribution in [0.2, 0.25) is 0 Å². The van der Waals surface area contributed by atoms with Crippen molar-refractivity contribution in [1.82, 2.24) is 0 Å². The van der Waals surface area contributed by atoms with Gasteiger partial charge in [-0.2, -0.15) is 0 Å². The van der Waals surface area contributed by atoms with Crippen LogP contribution in [0.15, 0.2) is 23.1 Å². The highest BCUT2D eigenvalue weighted by molar-refractivity contribution is 9.50. The average molecular weight is 218 g/mol. The fraction of sp³-hybridized carbons (Fsp3) is 0.143. The summed E-state index contributed by atoms with van der Waals surface area (Å²) in [5.74, 6) is 0.851. The van der Waals surface area contributed by atoms with Gasteiger partial charge in [0.25, 0.3) is 0 Å². The highest BCUT2D eigenvalue weighted by atomic mass is 79.9. The van der Waals surface area contributed by atoms with Crippen LogP contribution >= 0.6 is 25.0 Å². The lowest BCUT2D eigenvalue weighted by atomic mass is 10.3. The van der Waals surface area contributed by atoms with Crippen LogP contribution in [0.3, 0.4) is 0 Å². The predicted octanol–water partition coefficient (Wildman–Crippen LogP) is 2.90. The smallest absolute Gasteiger partial charge is 0.133 e. The van der Waals surface area contributed by atoms with Gasteiger partial charge >= 0.3 is 0 Å². The van der Waals surface area contributed by atoms with Gasteiger partial charge in [0.05, 0.1) is 12.0 Å². The van der Waals surface area contributed by atoms with E-state index in [2.05, 4.69) is 20.9 Å². The van der Waals surface area contributed by atoms with Gasteiger partial charge in [0.2, 0.25) is 0 Å². The van der Waals surface area contributed by atoms with Crippen LogP contribution in [-0.4, -0.2) is 7.11 Å². The third-order valence-electron chi connectivity index (χ3n) is 1.09. The Hall–Kier alpha value is -0.150. The molecule has 0 saturated heterocycles. The van der Waals surface area contributed by atoms with Crippen molar-refractivity contribution in [3.05, 3.63) is 24.3 Å². The first-order chi connectivity index (χ1) is 4.88. The van der Waals surface area contributed by atoms with Crippen LogP contribution in [-0.2, 0) is 0 Å². The number of hydrogen-bond donors (Lipinski definition) is 0. The van der Waals surface area contributed by atoms with E-state index in [-0.39, 0.29) is 0 Å². The second-order valence-corrected chi connectivity index (χ2v) is 3.22. The van der Waals surface area contributed by atoms with Gasteiger partial charge in [0.15, 0.2) is 0 Å². The predicted molar refractivity (Wildman–Crippen MR) is 46.6 cm³/mol. The van der Waals surface area contributed by atoms with Crippen LogP contribution in [0.25, 0.3) is 0 Å². The summed E-state index contributed by atoms with van der Waals surface area (Å²) in [6.45, 7) is 0. The van der Waals surface area contributed by atoms with Crippen LogP contribution in [0, 0.1) is 6.07 Å². The van der Waals surface area contributed by atoms with Crippen molar-refractivity contribution in [3.63, 3.8) is 0 Å². The Morgan fingerprint density at radius 1 is 1.70 bits per heavy atom. The maximum Gasteiger partial charge on any atom is 0.133 e. The lowest BCUT2D eigenvalue weighted by Gasteiger charge is -2.01. The van der Waals surface area contributed by atoms with E-state index >= 15 is 0 Å². The largest absolute Gasteiger partial charge is 0.496 e. The number of hydrogen-bond acceptors (Lipinski definition) is 2. The molecule has 0 saturated carbocycles. The molecule has 0 aromatic heterocycles. The summed E-state index contributed by atoms with van der Waals surface area (Å²) >= 11 is 3.27. The second kappa shape index (κ2) is 3.88. The highest BCUT2D eigenvalue weighted by Crippen LogP contribution is 2.32. The number of methoxy groups -OCH3 is 1. The SMILES string of the molecule is COc1c[c]ccc1SBr. The molecule has 0 aliphatic heterocycles. The van der Waals surface area contributed by atoms with E-state index in [0.717, 1.165) is 10.6 Å². The molecule has 3 heteroatoms. The molecule has 0 aliphatic rings. The van der Waals surface area contributed by atoms with Crippen LogP contribution in [0.4, 0.5) is 0 Å². The van der Waals surface area contributed by atoms with E-state index in [1.807, 2.05) is 18.2 Å². The molecule has 0 N–H and O–H groups in total. The molecule has 1 rings (SSSR count). The Morgan fingerprint density at radius 3 is 3.00 bits per heavy atom. The van der Waals surface area contributed by atoms with Gasteiger partial charge in [-0.15, -0.1) is 0 Å². The minimum atomic E-state index is 0.851. The summed E-state index contributed by atoms with van der Waals surface area (Å²) < 4.78 is 5.05. The first-order valence-corrected chi connectivity index (χ1v) is 5.37. The molecule has 10 heavy (non-hydrogen) atoms. The van der Waals surface area contributed by atoms with Crippen molar-refractivity contribution in [1.29, 1.82) is 0 Å². The van der Waals surface area contributed by atoms with Crippen molar-refractivity contribution in [2.45, 2.75) is 4.90 Å². The van der Waals surface area contributed by atoms with Gasteiger partial charge in [0.1, 0.15) is 5.75 Å². The first-order valence-electron chi connectivity index (χ1n) is 2.71. The third-order valence-corrected chi connectivity index (χ3v) is 2.64. The summed E-state index contributed by atoms with van der Waals surface area (Å²) in [5.41, 5.74) is 0. The monoisotopic (exact) mass is 217 g/mol. The van der Waals surface area contributed by atoms with E-state index in [9.17, 15) is 0 Å². The molecule has 0 bridgehead atoms. The van der Waals surface area contributed by atoms with E-state index < -0.39 is 0 Å². The fourth-order valence-corrected chi connectivity index (χ4v) is 1.76. The Morgan fingerprint density at radius 2 is 2.50 bits per heavy atom. The number of halogens is 1. The third kappa shape index (κ3) is 1.67. The first kappa shape index (κ1) is 7.95. The second-order valence-electron chi connectivity index (χ2n) is 1.65. The summed E-state index contributed by atoms with van der Waals surface area (Å²) in [5, 5.41) is 0. The van der Waals surface area contributed by atoms with Crippen molar-refractivity contribution < 1.29 is 4.74 Å². The topological polar surface area (TPSA) is 9.23 Å². The van der Waals surface area contributed by atoms with Crippen molar-refractivity contribution in [2.24, 2.45) is 0 Å². The number of rotatable bonds is 2. The summed E-state index contributed by atoms with van der Waals surface area (Å²) in [6, 6.07) is 8.53. The van der Waals surface area contributed by atoms with Gasteiger partial charge in [-0.25, -0.2) is 0 Å². The molecule has 0 fully saturated rings. The zero-order chi connectivity index (χ0) is 7.40. The molecule has 0 amide bonds. The molecule has 53 valence electrons. The zero-order valence-corrected chi connectivity index (χ0v) is 7.83. The van der Waals surface area contributed by atoms with E-state index in [1.165, 1.54) is 10.2 Å². The maximum absolute atomic E-state index is 5.05. The van der Waals surface area contributed by atoms with Crippen molar-refractivity contribution in [2.75, 3.05) is 7.11 Å². The van der Waals surface area contributed by atoms with Gasteiger partial charge < -0.3 is 4.74 Å². The molecule has 0 heterocycles. The Labute approximate surface area is 72.0 Å². The molecule has 1 aromatic rings. The lowest BCUT2D eigenvalue weighted by molar-refractivity contribution is 0.405. The van der Waals surface area contributed by atoms with Crippen LogP contribution < -0.4 is 4.74 Å². The van der Waals surface area contributed by atoms with Gasteiger partial charge in [-0.05, 0) is 43.2 Å². The molecular weight excluding hydrogens is 212 g/mol. The molecule has 1 aromatic carbocycles. The van der Waals surface area contributed by atoms with Crippen LogP contribution in [0.5, 0.6) is 5.75 Å². The molecule has 0 aliphatic carbocycles. The normalized spacial score (nSPS) is 9.40. The molecule has 1 nitrogen and oxygen atoms in total. The molecule has 0 atom stereocenters. The summed E-state index contributed by atoms with van der Waals surface area (Å²) in [7, 11) is 3.14. The maximum atomic E-state index is 5.05. The Kier molecular flexibility index (Phi) is 3.09. The fourth-order valence-electron chi connectivity index (χ4n) is 0.624. The number of benzene rings is 1. The lowest BCUT2D eigenvalue weighted by Crippen LogP contribution is -1.83. The Balaban J connectivity index is 2.96. The van der Waals surface area contributed by atoms with Crippen molar-refractivity contribution in [3.8, 4) is 5.75 Å². The van der Waals surface area contributed by atoms with Gasteiger partial charge in [0, 0.05) is 0 Å². The molecule has 0 spiro atoms. The minimum Gasteiger partial charge on any atom is -0.496 e. The highest BCUT2D eigenvalue weighted by Gasteiger charge is 1.97. The van der Waals surface area contributed by atoms with E-state index in [1.54, 1.807) is 7.11 Å². The summed E-state index contributed by atoms with van der Waals surface area (Å²) in [6.07, 6.45) is 0. The molecule has 1 radical (unpaired) electrons. The van der Waals surface area contributed by atoms with Gasteiger partial charge in [-0.1, -0.05) is 6.07 Å². The molecule has 0 unspecified atom stereocenters. The van der Waals surface area contributed by atoms with Crippen LogP contribution in [0.1, 0.15) is 0 Å². The summed E-state index contributed by atoms with van der Waals surface area (Å²) in [4.78, 5) is 1.07. The number of ether oxygens (including phenoxy) is 1. The van der Waals surface area contributed by atoms with E-state index in [4.69, 9.17) is 4.74 Å². The van der Waals surface area contributed by atoms with Gasteiger partial charge in [-0.3, -0.25) is 0 Å². The van der Waals surface area contributed by atoms with E-state index in [0.29, 0.717) is 0 Å². The molecular formula is C7H6BrOS. The van der Waals surface area contributed by atoms with Crippen molar-refractivity contribution >= 4 is 25.0 Å². The Bertz CT molecular complexity index is 192. The minimum absolute atomic E-state index is 0.851.